The fourth-order valence-corrected chi connectivity index (χ4v) is 2.31. The molecule has 0 saturated carbocycles. The van der Waals surface area contributed by atoms with Gasteiger partial charge in [0.1, 0.15) is 5.75 Å². The summed E-state index contributed by atoms with van der Waals surface area (Å²) in [5.41, 5.74) is 3.17. The first-order chi connectivity index (χ1) is 11.4. The molecule has 24 heavy (non-hydrogen) atoms. The first-order valence-electron chi connectivity index (χ1n) is 8.17. The maximum absolute atomic E-state index is 12.0. The smallest absolute Gasteiger partial charge is 0.226 e. The lowest BCUT2D eigenvalue weighted by Gasteiger charge is -2.19. The standard InChI is InChI=1S/C20H26N2O2/c1-20(2,3)15-5-7-17(8-6-15)22-19(23)13-14-21-16-9-11-18(24-4)12-10-16/h5-12,21H,13-14H2,1-4H3,(H,22,23). The van der Waals surface area contributed by atoms with Crippen molar-refractivity contribution in [3.05, 3.63) is 54.1 Å². The van der Waals surface area contributed by atoms with Gasteiger partial charge in [-0.3, -0.25) is 4.79 Å². The molecule has 0 aromatic heterocycles. The van der Waals surface area contributed by atoms with Gasteiger partial charge in [0.15, 0.2) is 0 Å². The Balaban J connectivity index is 1.78. The molecule has 0 fully saturated rings. The average Bonchev–Trinajstić information content (AvgIpc) is 2.55. The Kier molecular flexibility index (Phi) is 5.85. The van der Waals surface area contributed by atoms with Gasteiger partial charge in [-0.15, -0.1) is 0 Å². The lowest BCUT2D eigenvalue weighted by molar-refractivity contribution is -0.115. The Morgan fingerprint density at radius 2 is 1.54 bits per heavy atom. The summed E-state index contributed by atoms with van der Waals surface area (Å²) >= 11 is 0. The number of carbonyl (C=O) groups excluding carboxylic acids is 1. The van der Waals surface area contributed by atoms with E-state index in [2.05, 4.69) is 43.5 Å². The van der Waals surface area contributed by atoms with E-state index >= 15 is 0 Å². The summed E-state index contributed by atoms with van der Waals surface area (Å²) in [4.78, 5) is 12.0. The predicted molar refractivity (Wildman–Crippen MR) is 99.9 cm³/mol. The minimum atomic E-state index is -0.000444. The fourth-order valence-electron chi connectivity index (χ4n) is 2.31. The highest BCUT2D eigenvalue weighted by Gasteiger charge is 2.13. The maximum atomic E-state index is 12.0. The Hall–Kier alpha value is -2.49. The number of hydrogen-bond donors (Lipinski definition) is 2. The predicted octanol–water partition coefficient (Wildman–Crippen LogP) is 4.43. The summed E-state index contributed by atoms with van der Waals surface area (Å²) in [6, 6.07) is 15.7. The van der Waals surface area contributed by atoms with Gasteiger partial charge < -0.3 is 15.4 Å². The molecule has 0 bridgehead atoms. The molecule has 0 heterocycles. The van der Waals surface area contributed by atoms with Crippen molar-refractivity contribution in [3.8, 4) is 5.75 Å². The van der Waals surface area contributed by atoms with E-state index in [1.807, 2.05) is 36.4 Å². The number of rotatable bonds is 6. The number of amides is 1. The van der Waals surface area contributed by atoms with Gasteiger partial charge in [-0.05, 0) is 47.4 Å². The largest absolute Gasteiger partial charge is 0.497 e. The molecule has 0 unspecified atom stereocenters. The van der Waals surface area contributed by atoms with Crippen molar-refractivity contribution in [2.75, 3.05) is 24.3 Å². The monoisotopic (exact) mass is 326 g/mol. The van der Waals surface area contributed by atoms with Crippen molar-refractivity contribution in [3.63, 3.8) is 0 Å². The molecule has 4 heteroatoms. The van der Waals surface area contributed by atoms with E-state index in [9.17, 15) is 4.79 Å². The highest BCUT2D eigenvalue weighted by atomic mass is 16.5. The zero-order chi connectivity index (χ0) is 17.6. The van der Waals surface area contributed by atoms with Gasteiger partial charge in [0.25, 0.3) is 0 Å². The minimum absolute atomic E-state index is 0.000444. The topological polar surface area (TPSA) is 50.4 Å². The van der Waals surface area contributed by atoms with Crippen LogP contribution in [0.1, 0.15) is 32.8 Å². The molecular weight excluding hydrogens is 300 g/mol. The minimum Gasteiger partial charge on any atom is -0.497 e. The lowest BCUT2D eigenvalue weighted by atomic mass is 9.87. The van der Waals surface area contributed by atoms with Crippen molar-refractivity contribution in [1.29, 1.82) is 0 Å². The summed E-state index contributed by atoms with van der Waals surface area (Å²) in [6.45, 7) is 7.10. The number of methoxy groups -OCH3 is 1. The molecule has 4 nitrogen and oxygen atoms in total. The molecule has 128 valence electrons. The second kappa shape index (κ2) is 7.86. The molecule has 0 atom stereocenters. The molecule has 0 spiro atoms. The molecule has 2 rings (SSSR count). The van der Waals surface area contributed by atoms with Crippen molar-refractivity contribution in [2.45, 2.75) is 32.6 Å². The summed E-state index contributed by atoms with van der Waals surface area (Å²) in [5, 5.41) is 6.15. The Morgan fingerprint density at radius 3 is 2.08 bits per heavy atom. The summed E-state index contributed by atoms with van der Waals surface area (Å²) < 4.78 is 5.12. The molecule has 0 aliphatic rings. The normalized spacial score (nSPS) is 11.0. The van der Waals surface area contributed by atoms with Gasteiger partial charge in [0.05, 0.1) is 7.11 Å². The van der Waals surface area contributed by atoms with E-state index in [-0.39, 0.29) is 11.3 Å². The van der Waals surface area contributed by atoms with Gasteiger partial charge >= 0.3 is 0 Å². The van der Waals surface area contributed by atoms with Crippen LogP contribution in [0, 0.1) is 0 Å². The highest BCUT2D eigenvalue weighted by molar-refractivity contribution is 5.91. The van der Waals surface area contributed by atoms with Crippen LogP contribution >= 0.6 is 0 Å². The zero-order valence-electron chi connectivity index (χ0n) is 14.8. The van der Waals surface area contributed by atoms with Gasteiger partial charge in [0, 0.05) is 24.3 Å². The van der Waals surface area contributed by atoms with Crippen LogP contribution < -0.4 is 15.4 Å². The van der Waals surface area contributed by atoms with Crippen LogP contribution in [-0.2, 0) is 10.2 Å². The molecule has 2 aromatic carbocycles. The molecule has 0 radical (unpaired) electrons. The zero-order valence-corrected chi connectivity index (χ0v) is 14.8. The highest BCUT2D eigenvalue weighted by Crippen LogP contribution is 2.23. The molecular formula is C20H26N2O2. The third-order valence-electron chi connectivity index (χ3n) is 3.81. The van der Waals surface area contributed by atoms with E-state index in [1.165, 1.54) is 5.56 Å². The van der Waals surface area contributed by atoms with Gasteiger partial charge in [-0.1, -0.05) is 32.9 Å². The average molecular weight is 326 g/mol. The van der Waals surface area contributed by atoms with E-state index in [0.717, 1.165) is 17.1 Å². The first-order valence-corrected chi connectivity index (χ1v) is 8.17. The molecule has 1 amide bonds. The number of anilines is 2. The molecule has 0 aliphatic heterocycles. The second-order valence-corrected chi connectivity index (χ2v) is 6.78. The van der Waals surface area contributed by atoms with Crippen LogP contribution in [0.4, 0.5) is 11.4 Å². The quantitative estimate of drug-likeness (QED) is 0.825. The van der Waals surface area contributed by atoms with Gasteiger partial charge in [-0.2, -0.15) is 0 Å². The van der Waals surface area contributed by atoms with Crippen molar-refractivity contribution in [1.82, 2.24) is 0 Å². The number of ether oxygens (including phenoxy) is 1. The number of nitrogens with one attached hydrogen (secondary N) is 2. The molecule has 0 saturated heterocycles. The third kappa shape index (κ3) is 5.30. The Labute approximate surface area is 144 Å². The Bertz CT molecular complexity index is 656. The van der Waals surface area contributed by atoms with E-state index in [4.69, 9.17) is 4.74 Å². The summed E-state index contributed by atoms with van der Waals surface area (Å²) in [6.07, 6.45) is 0.410. The van der Waals surface area contributed by atoms with Crippen molar-refractivity contribution < 1.29 is 9.53 Å². The fraction of sp³-hybridized carbons (Fsp3) is 0.350. The van der Waals surface area contributed by atoms with Gasteiger partial charge in [-0.25, -0.2) is 0 Å². The number of carbonyl (C=O) groups is 1. The molecule has 2 N–H and O–H groups in total. The Morgan fingerprint density at radius 1 is 0.958 bits per heavy atom. The van der Waals surface area contributed by atoms with Crippen LogP contribution in [0.15, 0.2) is 48.5 Å². The van der Waals surface area contributed by atoms with Crippen LogP contribution in [0.5, 0.6) is 5.75 Å². The molecule has 0 aliphatic carbocycles. The number of benzene rings is 2. The first kappa shape index (κ1) is 17.9. The van der Waals surface area contributed by atoms with E-state index in [1.54, 1.807) is 7.11 Å². The van der Waals surface area contributed by atoms with Crippen LogP contribution in [0.3, 0.4) is 0 Å². The van der Waals surface area contributed by atoms with Gasteiger partial charge in [0.2, 0.25) is 5.91 Å². The summed E-state index contributed by atoms with van der Waals surface area (Å²) in [5.74, 6) is 0.816. The third-order valence-corrected chi connectivity index (χ3v) is 3.81. The molecule has 2 aromatic rings. The lowest BCUT2D eigenvalue weighted by Crippen LogP contribution is -2.16. The summed E-state index contributed by atoms with van der Waals surface area (Å²) in [7, 11) is 1.64. The van der Waals surface area contributed by atoms with E-state index in [0.29, 0.717) is 13.0 Å². The van der Waals surface area contributed by atoms with Crippen LogP contribution in [0.25, 0.3) is 0 Å². The maximum Gasteiger partial charge on any atom is 0.226 e. The SMILES string of the molecule is COc1ccc(NCCC(=O)Nc2ccc(C(C)(C)C)cc2)cc1. The van der Waals surface area contributed by atoms with Crippen LogP contribution in [-0.4, -0.2) is 19.6 Å². The number of hydrogen-bond acceptors (Lipinski definition) is 3. The second-order valence-electron chi connectivity index (χ2n) is 6.78. The van der Waals surface area contributed by atoms with Crippen LogP contribution in [0.2, 0.25) is 0 Å². The van der Waals surface area contributed by atoms with Crippen molar-refractivity contribution >= 4 is 17.3 Å². The van der Waals surface area contributed by atoms with Crippen molar-refractivity contribution in [2.24, 2.45) is 0 Å². The van der Waals surface area contributed by atoms with E-state index < -0.39 is 0 Å².